The second kappa shape index (κ2) is 5.25. The van der Waals surface area contributed by atoms with Gasteiger partial charge in [-0.2, -0.15) is 0 Å². The molecule has 0 saturated heterocycles. The molecule has 3 atom stereocenters. The summed E-state index contributed by atoms with van der Waals surface area (Å²) in [6, 6.07) is 0.234. The Balaban J connectivity index is 1.63. The number of allylic oxidation sites excluding steroid dienone is 2. The van der Waals surface area contributed by atoms with E-state index in [2.05, 4.69) is 54.8 Å². The predicted octanol–water partition coefficient (Wildman–Crippen LogP) is 2.86. The van der Waals surface area contributed by atoms with E-state index in [4.69, 9.17) is 0 Å². The number of fused-ring (bicyclic) bond motifs is 1. The third-order valence-electron chi connectivity index (χ3n) is 5.17. The van der Waals surface area contributed by atoms with Crippen molar-refractivity contribution in [2.24, 2.45) is 17.3 Å². The summed E-state index contributed by atoms with van der Waals surface area (Å²) in [5.41, 5.74) is 2.45. The van der Waals surface area contributed by atoms with Crippen molar-refractivity contribution in [3.8, 4) is 0 Å². The molecule has 1 fully saturated rings. The molecule has 1 saturated carbocycles. The van der Waals surface area contributed by atoms with E-state index in [1.807, 2.05) is 6.92 Å². The van der Waals surface area contributed by atoms with Gasteiger partial charge in [0, 0.05) is 25.2 Å². The lowest BCUT2D eigenvalue weighted by Gasteiger charge is -2.25. The average Bonchev–Trinajstić information content (AvgIpc) is 2.75. The molecule has 4 heteroatoms. The van der Waals surface area contributed by atoms with Gasteiger partial charge in [0.05, 0.1) is 11.6 Å². The lowest BCUT2D eigenvalue weighted by Crippen LogP contribution is -2.42. The number of imidazole rings is 1. The van der Waals surface area contributed by atoms with Crippen LogP contribution in [0.25, 0.3) is 0 Å². The molecule has 22 heavy (non-hydrogen) atoms. The molecule has 2 heterocycles. The quantitative estimate of drug-likeness (QED) is 0.873. The monoisotopic (exact) mass is 301 g/mol. The second-order valence-corrected chi connectivity index (χ2v) is 7.76. The van der Waals surface area contributed by atoms with Gasteiger partial charge in [-0.1, -0.05) is 25.5 Å². The summed E-state index contributed by atoms with van der Waals surface area (Å²) in [6.07, 6.45) is 6.27. The number of hydrogen-bond acceptors (Lipinski definition) is 2. The molecular weight excluding hydrogens is 274 g/mol. The Morgan fingerprint density at radius 2 is 2.18 bits per heavy atom. The van der Waals surface area contributed by atoms with E-state index in [9.17, 15) is 4.79 Å². The molecule has 0 unspecified atom stereocenters. The molecule has 0 spiro atoms. The van der Waals surface area contributed by atoms with Gasteiger partial charge in [-0.15, -0.1) is 0 Å². The highest BCUT2D eigenvalue weighted by Crippen LogP contribution is 2.59. The largest absolute Gasteiger partial charge is 0.351 e. The smallest absolute Gasteiger partial charge is 0.224 e. The summed E-state index contributed by atoms with van der Waals surface area (Å²) >= 11 is 0. The summed E-state index contributed by atoms with van der Waals surface area (Å²) in [4.78, 5) is 17.2. The topological polar surface area (TPSA) is 46.9 Å². The number of rotatable bonds is 3. The first-order valence-electron chi connectivity index (χ1n) is 8.27. The van der Waals surface area contributed by atoms with Gasteiger partial charge in [0.2, 0.25) is 5.91 Å². The van der Waals surface area contributed by atoms with E-state index in [0.717, 1.165) is 30.9 Å². The first-order chi connectivity index (χ1) is 10.3. The Morgan fingerprint density at radius 1 is 1.45 bits per heavy atom. The Kier molecular flexibility index (Phi) is 3.66. The van der Waals surface area contributed by atoms with Crippen LogP contribution < -0.4 is 5.32 Å². The zero-order chi connectivity index (χ0) is 16.1. The van der Waals surface area contributed by atoms with Crippen molar-refractivity contribution in [2.75, 3.05) is 0 Å². The van der Waals surface area contributed by atoms with Crippen LogP contribution in [0.1, 0.15) is 45.6 Å². The minimum atomic E-state index is 0.0901. The van der Waals surface area contributed by atoms with Crippen LogP contribution in [-0.2, 0) is 17.8 Å². The molecule has 1 aliphatic heterocycles. The first kappa shape index (κ1) is 15.3. The number of carbonyl (C=O) groups excluding carboxylic acids is 1. The summed E-state index contributed by atoms with van der Waals surface area (Å²) < 4.78 is 2.19. The van der Waals surface area contributed by atoms with Crippen molar-refractivity contribution in [1.29, 1.82) is 0 Å². The van der Waals surface area contributed by atoms with Gasteiger partial charge in [0.15, 0.2) is 0 Å². The highest BCUT2D eigenvalue weighted by atomic mass is 16.2. The predicted molar refractivity (Wildman–Crippen MR) is 87.4 cm³/mol. The van der Waals surface area contributed by atoms with Crippen LogP contribution >= 0.6 is 0 Å². The van der Waals surface area contributed by atoms with Crippen LogP contribution in [-0.4, -0.2) is 21.5 Å². The van der Waals surface area contributed by atoms with Crippen molar-refractivity contribution < 1.29 is 4.79 Å². The van der Waals surface area contributed by atoms with E-state index >= 15 is 0 Å². The number of aromatic nitrogens is 2. The number of nitrogens with zero attached hydrogens (tertiary/aromatic N) is 2. The van der Waals surface area contributed by atoms with Crippen LogP contribution in [0, 0.1) is 24.2 Å². The Labute approximate surface area is 133 Å². The van der Waals surface area contributed by atoms with Crippen molar-refractivity contribution in [3.05, 3.63) is 29.4 Å². The van der Waals surface area contributed by atoms with Gasteiger partial charge in [-0.3, -0.25) is 4.79 Å². The van der Waals surface area contributed by atoms with Crippen LogP contribution in [0.3, 0.4) is 0 Å². The fourth-order valence-corrected chi connectivity index (χ4v) is 3.84. The fourth-order valence-electron chi connectivity index (χ4n) is 3.84. The molecule has 1 aromatic rings. The number of amides is 1. The molecule has 1 N–H and O–H groups in total. The summed E-state index contributed by atoms with van der Waals surface area (Å²) in [6.45, 7) is 11.5. The van der Waals surface area contributed by atoms with Gasteiger partial charge < -0.3 is 9.88 Å². The van der Waals surface area contributed by atoms with Crippen LogP contribution in [0.4, 0.5) is 0 Å². The molecule has 120 valence electrons. The number of nitrogens with one attached hydrogen (secondary N) is 1. The standard InChI is InChI=1S/C18H27N3O/c1-11(2)8-14-16(18(14,4)5)17(22)20-13-6-7-15-19-12(3)9-21(15)10-13/h8-9,13-14,16H,6-7,10H2,1-5H3,(H,20,22)/t13-,14+,16+/m0/s1. The molecule has 0 bridgehead atoms. The zero-order valence-corrected chi connectivity index (χ0v) is 14.3. The van der Waals surface area contributed by atoms with Gasteiger partial charge in [-0.25, -0.2) is 4.98 Å². The SMILES string of the molecule is CC(C)=C[C@@H]1[C@H](C(=O)N[C@H]2CCc3nc(C)cn3C2)C1(C)C. The Morgan fingerprint density at radius 3 is 2.86 bits per heavy atom. The second-order valence-electron chi connectivity index (χ2n) is 7.76. The number of hydrogen-bond donors (Lipinski definition) is 1. The molecule has 4 nitrogen and oxygen atoms in total. The van der Waals surface area contributed by atoms with Crippen molar-refractivity contribution in [1.82, 2.24) is 14.9 Å². The third kappa shape index (κ3) is 2.71. The average molecular weight is 301 g/mol. The van der Waals surface area contributed by atoms with Crippen molar-refractivity contribution in [3.63, 3.8) is 0 Å². The van der Waals surface area contributed by atoms with E-state index in [-0.39, 0.29) is 23.3 Å². The van der Waals surface area contributed by atoms with E-state index in [1.165, 1.54) is 5.57 Å². The summed E-state index contributed by atoms with van der Waals surface area (Å²) in [5, 5.41) is 3.27. The van der Waals surface area contributed by atoms with Gasteiger partial charge in [-0.05, 0) is 38.5 Å². The van der Waals surface area contributed by atoms with Crippen molar-refractivity contribution >= 4 is 5.91 Å². The lowest BCUT2D eigenvalue weighted by atomic mass is 10.1. The van der Waals surface area contributed by atoms with Crippen molar-refractivity contribution in [2.45, 2.75) is 60.0 Å². The van der Waals surface area contributed by atoms with E-state index < -0.39 is 0 Å². The maximum Gasteiger partial charge on any atom is 0.224 e. The molecule has 0 radical (unpaired) electrons. The molecule has 2 aliphatic rings. The molecule has 3 rings (SSSR count). The summed E-state index contributed by atoms with van der Waals surface area (Å²) in [7, 11) is 0. The number of aryl methyl sites for hydroxylation is 2. The highest BCUT2D eigenvalue weighted by Gasteiger charge is 2.60. The Bertz CT molecular complexity index is 622. The molecule has 0 aromatic carbocycles. The zero-order valence-electron chi connectivity index (χ0n) is 14.3. The fraction of sp³-hybridized carbons (Fsp3) is 0.667. The molecule has 1 aromatic heterocycles. The maximum atomic E-state index is 12.6. The van der Waals surface area contributed by atoms with Gasteiger partial charge in [0.1, 0.15) is 5.82 Å². The van der Waals surface area contributed by atoms with E-state index in [1.54, 1.807) is 0 Å². The lowest BCUT2D eigenvalue weighted by molar-refractivity contribution is -0.124. The molecule has 1 amide bonds. The van der Waals surface area contributed by atoms with E-state index in [0.29, 0.717) is 5.92 Å². The molecule has 1 aliphatic carbocycles. The maximum absolute atomic E-state index is 12.6. The third-order valence-corrected chi connectivity index (χ3v) is 5.17. The molecular formula is C18H27N3O. The summed E-state index contributed by atoms with van der Waals surface area (Å²) in [5.74, 6) is 1.87. The normalized spacial score (nSPS) is 28.7. The van der Waals surface area contributed by atoms with Gasteiger partial charge >= 0.3 is 0 Å². The highest BCUT2D eigenvalue weighted by molar-refractivity contribution is 5.84. The van der Waals surface area contributed by atoms with Gasteiger partial charge in [0.25, 0.3) is 0 Å². The minimum absolute atomic E-state index is 0.0901. The number of carbonyl (C=O) groups is 1. The minimum Gasteiger partial charge on any atom is -0.351 e. The van der Waals surface area contributed by atoms with Crippen LogP contribution in [0.15, 0.2) is 17.8 Å². The van der Waals surface area contributed by atoms with Crippen LogP contribution in [0.2, 0.25) is 0 Å². The Hall–Kier alpha value is -1.58. The first-order valence-corrected chi connectivity index (χ1v) is 8.27. The van der Waals surface area contributed by atoms with Crippen LogP contribution in [0.5, 0.6) is 0 Å².